The number of H-pyrrole nitrogens is 1. The molecule has 0 saturated heterocycles. The van der Waals surface area contributed by atoms with E-state index in [0.29, 0.717) is 5.92 Å². The molecule has 4 N–H and O–H groups in total. The summed E-state index contributed by atoms with van der Waals surface area (Å²) in [7, 11) is 0. The van der Waals surface area contributed by atoms with Gasteiger partial charge in [0.1, 0.15) is 10.8 Å². The number of hydrogen-bond acceptors (Lipinski definition) is 5. The highest BCUT2D eigenvalue weighted by atomic mass is 32.2. The first-order valence-corrected chi connectivity index (χ1v) is 9.82. The summed E-state index contributed by atoms with van der Waals surface area (Å²) in [5, 5.41) is 14.1. The molecule has 0 unspecified atom stereocenters. The van der Waals surface area contributed by atoms with Crippen LogP contribution < -0.4 is 11.1 Å². The van der Waals surface area contributed by atoms with Gasteiger partial charge in [-0.2, -0.15) is 5.10 Å². The van der Waals surface area contributed by atoms with E-state index in [-0.39, 0.29) is 0 Å². The van der Waals surface area contributed by atoms with Crippen molar-refractivity contribution in [2.45, 2.75) is 28.7 Å². The van der Waals surface area contributed by atoms with Gasteiger partial charge in [0.2, 0.25) is 0 Å². The lowest BCUT2D eigenvalue weighted by atomic mass is 10.1. The SMILES string of the molecule is Nc1ccc(Sc2cc3ccccc3c(Nc3cc(C4CC4)[nH]n3)n2)cc1. The van der Waals surface area contributed by atoms with Crippen molar-refractivity contribution in [1.29, 1.82) is 0 Å². The standard InChI is InChI=1S/C21H19N5S/c22-15-7-9-16(10-8-15)27-20-11-14-3-1-2-4-17(14)21(24-20)23-19-12-18(25-26-19)13-5-6-13/h1-4,7-13H,5-6,22H2,(H2,23,24,25,26). The second-order valence-corrected chi connectivity index (χ2v) is 7.90. The minimum Gasteiger partial charge on any atom is -0.399 e. The van der Waals surface area contributed by atoms with E-state index in [0.717, 1.165) is 38.0 Å². The summed E-state index contributed by atoms with van der Waals surface area (Å²) in [5.74, 6) is 2.27. The molecule has 27 heavy (non-hydrogen) atoms. The highest BCUT2D eigenvalue weighted by molar-refractivity contribution is 7.99. The van der Waals surface area contributed by atoms with Crippen molar-refractivity contribution in [3.8, 4) is 0 Å². The topological polar surface area (TPSA) is 79.6 Å². The van der Waals surface area contributed by atoms with Crippen LogP contribution in [0.15, 0.2) is 70.6 Å². The van der Waals surface area contributed by atoms with Gasteiger partial charge in [-0.1, -0.05) is 36.0 Å². The predicted molar refractivity (Wildman–Crippen MR) is 111 cm³/mol. The van der Waals surface area contributed by atoms with Gasteiger partial charge in [0.25, 0.3) is 0 Å². The van der Waals surface area contributed by atoms with Gasteiger partial charge in [-0.25, -0.2) is 4.98 Å². The fourth-order valence-electron chi connectivity index (χ4n) is 3.10. The number of fused-ring (bicyclic) bond motifs is 1. The molecule has 1 aliphatic rings. The van der Waals surface area contributed by atoms with Crippen molar-refractivity contribution in [3.63, 3.8) is 0 Å². The molecular formula is C21H19N5S. The van der Waals surface area contributed by atoms with Gasteiger partial charge in [-0.15, -0.1) is 0 Å². The van der Waals surface area contributed by atoms with E-state index in [2.05, 4.69) is 39.8 Å². The first-order chi connectivity index (χ1) is 13.2. The first-order valence-electron chi connectivity index (χ1n) is 9.00. The van der Waals surface area contributed by atoms with Crippen LogP contribution in [-0.4, -0.2) is 15.2 Å². The van der Waals surface area contributed by atoms with E-state index < -0.39 is 0 Å². The number of hydrogen-bond donors (Lipinski definition) is 3. The Morgan fingerprint density at radius 1 is 1.04 bits per heavy atom. The lowest BCUT2D eigenvalue weighted by Gasteiger charge is -2.10. The second kappa shape index (κ2) is 6.63. The molecular weight excluding hydrogens is 354 g/mol. The Balaban J connectivity index is 1.49. The van der Waals surface area contributed by atoms with Gasteiger partial charge >= 0.3 is 0 Å². The molecule has 134 valence electrons. The first kappa shape index (κ1) is 16.2. The number of nitrogen functional groups attached to an aromatic ring is 1. The van der Waals surface area contributed by atoms with Crippen molar-refractivity contribution in [2.75, 3.05) is 11.1 Å². The van der Waals surface area contributed by atoms with Gasteiger partial charge < -0.3 is 11.1 Å². The Kier molecular flexibility index (Phi) is 3.98. The molecule has 0 bridgehead atoms. The van der Waals surface area contributed by atoms with E-state index >= 15 is 0 Å². The van der Waals surface area contributed by atoms with Crippen molar-refractivity contribution >= 4 is 39.9 Å². The zero-order chi connectivity index (χ0) is 18.2. The summed E-state index contributed by atoms with van der Waals surface area (Å²) in [6.07, 6.45) is 2.49. The fraction of sp³-hybridized carbons (Fsp3) is 0.143. The number of pyridine rings is 1. The van der Waals surface area contributed by atoms with Crippen LogP contribution in [-0.2, 0) is 0 Å². The zero-order valence-corrected chi connectivity index (χ0v) is 15.5. The molecule has 0 aliphatic heterocycles. The normalized spacial score (nSPS) is 13.8. The maximum atomic E-state index is 5.79. The molecule has 0 amide bonds. The van der Waals surface area contributed by atoms with Crippen molar-refractivity contribution in [3.05, 3.63) is 66.4 Å². The third-order valence-electron chi connectivity index (χ3n) is 4.68. The zero-order valence-electron chi connectivity index (χ0n) is 14.6. The molecule has 2 heterocycles. The minimum atomic E-state index is 0.644. The average Bonchev–Trinajstić information content (AvgIpc) is 3.43. The summed E-state index contributed by atoms with van der Waals surface area (Å²) in [4.78, 5) is 5.96. The van der Waals surface area contributed by atoms with E-state index in [1.807, 2.05) is 36.4 Å². The third-order valence-corrected chi connectivity index (χ3v) is 5.61. The molecule has 0 atom stereocenters. The molecule has 0 spiro atoms. The van der Waals surface area contributed by atoms with Crippen LogP contribution in [0.4, 0.5) is 17.3 Å². The number of benzene rings is 2. The van der Waals surface area contributed by atoms with Crippen molar-refractivity contribution in [2.24, 2.45) is 0 Å². The van der Waals surface area contributed by atoms with Crippen LogP contribution in [0.2, 0.25) is 0 Å². The smallest absolute Gasteiger partial charge is 0.153 e. The number of nitrogens with one attached hydrogen (secondary N) is 2. The van der Waals surface area contributed by atoms with Gasteiger partial charge in [-0.05, 0) is 48.6 Å². The summed E-state index contributed by atoms with van der Waals surface area (Å²) >= 11 is 1.62. The van der Waals surface area contributed by atoms with Gasteiger partial charge in [0, 0.05) is 33.6 Å². The largest absolute Gasteiger partial charge is 0.399 e. The quantitative estimate of drug-likeness (QED) is 0.413. The average molecular weight is 373 g/mol. The Labute approximate surface area is 161 Å². The van der Waals surface area contributed by atoms with Crippen molar-refractivity contribution < 1.29 is 0 Å². The lowest BCUT2D eigenvalue weighted by Crippen LogP contribution is -1.96. The van der Waals surface area contributed by atoms with Gasteiger partial charge in [0.15, 0.2) is 5.82 Å². The molecule has 6 heteroatoms. The van der Waals surface area contributed by atoms with Gasteiger partial charge in [0.05, 0.1) is 0 Å². The highest BCUT2D eigenvalue weighted by Gasteiger charge is 2.25. The number of anilines is 3. The summed E-state index contributed by atoms with van der Waals surface area (Å²) < 4.78 is 0. The van der Waals surface area contributed by atoms with E-state index in [1.54, 1.807) is 11.8 Å². The Morgan fingerprint density at radius 3 is 2.67 bits per heavy atom. The van der Waals surface area contributed by atoms with Gasteiger partial charge in [-0.3, -0.25) is 5.10 Å². The number of nitrogens with two attached hydrogens (primary N) is 1. The molecule has 2 aromatic heterocycles. The van der Waals surface area contributed by atoms with Crippen LogP contribution in [0.1, 0.15) is 24.5 Å². The molecule has 2 aromatic carbocycles. The van der Waals surface area contributed by atoms with E-state index in [1.165, 1.54) is 18.5 Å². The summed E-state index contributed by atoms with van der Waals surface area (Å²) in [5.41, 5.74) is 7.75. The molecule has 5 rings (SSSR count). The lowest BCUT2D eigenvalue weighted by molar-refractivity contribution is 0.966. The Bertz CT molecular complexity index is 1100. The Hall–Kier alpha value is -2.99. The molecule has 5 nitrogen and oxygen atoms in total. The van der Waals surface area contributed by atoms with Crippen LogP contribution >= 0.6 is 11.8 Å². The number of nitrogens with zero attached hydrogens (tertiary/aromatic N) is 2. The van der Waals surface area contributed by atoms with Crippen molar-refractivity contribution in [1.82, 2.24) is 15.2 Å². The highest BCUT2D eigenvalue weighted by Crippen LogP contribution is 2.40. The Morgan fingerprint density at radius 2 is 1.85 bits per heavy atom. The molecule has 1 fully saturated rings. The molecule has 4 aromatic rings. The second-order valence-electron chi connectivity index (χ2n) is 6.81. The maximum absolute atomic E-state index is 5.79. The molecule has 0 radical (unpaired) electrons. The third kappa shape index (κ3) is 3.48. The van der Waals surface area contributed by atoms with E-state index in [9.17, 15) is 0 Å². The van der Waals surface area contributed by atoms with Crippen LogP contribution in [0.5, 0.6) is 0 Å². The van der Waals surface area contributed by atoms with E-state index in [4.69, 9.17) is 10.7 Å². The fourth-order valence-corrected chi connectivity index (χ4v) is 3.94. The maximum Gasteiger partial charge on any atom is 0.153 e. The minimum absolute atomic E-state index is 0.644. The summed E-state index contributed by atoms with van der Waals surface area (Å²) in [6, 6.07) is 20.3. The summed E-state index contributed by atoms with van der Waals surface area (Å²) in [6.45, 7) is 0. The number of aromatic nitrogens is 3. The number of rotatable bonds is 5. The molecule has 1 aliphatic carbocycles. The van der Waals surface area contributed by atoms with Crippen LogP contribution in [0.25, 0.3) is 10.8 Å². The monoisotopic (exact) mass is 373 g/mol. The molecule has 1 saturated carbocycles. The number of aromatic amines is 1. The van der Waals surface area contributed by atoms with Crippen LogP contribution in [0.3, 0.4) is 0 Å². The van der Waals surface area contributed by atoms with Crippen LogP contribution in [0, 0.1) is 0 Å². The predicted octanol–water partition coefficient (Wildman–Crippen LogP) is 5.31.